The summed E-state index contributed by atoms with van der Waals surface area (Å²) in [4.78, 5) is 12.2. The van der Waals surface area contributed by atoms with E-state index in [0.717, 1.165) is 6.07 Å². The summed E-state index contributed by atoms with van der Waals surface area (Å²) in [6, 6.07) is 3.62. The Bertz CT molecular complexity index is 816. The second-order valence-corrected chi connectivity index (χ2v) is 6.26. The average Bonchev–Trinajstić information content (AvgIpc) is 3.00. The lowest BCUT2D eigenvalue weighted by Crippen LogP contribution is -2.24. The topological polar surface area (TPSA) is 123 Å². The Balaban J connectivity index is 2.27. The van der Waals surface area contributed by atoms with Crippen LogP contribution in [0.1, 0.15) is 23.0 Å². The molecule has 10 heteroatoms. The first-order chi connectivity index (χ1) is 10.9. The molecule has 0 unspecified atom stereocenters. The van der Waals surface area contributed by atoms with Crippen LogP contribution in [-0.4, -0.2) is 41.6 Å². The minimum absolute atomic E-state index is 0.0553. The molecular weight excluding hydrogens is 324 g/mol. The minimum atomic E-state index is -3.97. The standard InChI is InChI=1S/C13H16N4O5S/c1-3-17-14-7-10(16-17)8-15-23(20,21)12-6-9(13(18)19)4-5-11(12)22-2/h4-7,15H,3,8H2,1-2H3,(H,18,19). The molecule has 0 amide bonds. The van der Waals surface area contributed by atoms with Gasteiger partial charge in [0.1, 0.15) is 10.6 Å². The van der Waals surface area contributed by atoms with Gasteiger partial charge in [-0.25, -0.2) is 17.9 Å². The molecule has 2 rings (SSSR count). The molecule has 0 aliphatic rings. The molecule has 0 spiro atoms. The van der Waals surface area contributed by atoms with E-state index in [4.69, 9.17) is 9.84 Å². The quantitative estimate of drug-likeness (QED) is 0.751. The normalized spacial score (nSPS) is 11.4. The number of aromatic carboxylic acids is 1. The summed E-state index contributed by atoms with van der Waals surface area (Å²) in [5.74, 6) is -1.17. The van der Waals surface area contributed by atoms with Crippen molar-refractivity contribution >= 4 is 16.0 Å². The maximum Gasteiger partial charge on any atom is 0.335 e. The highest BCUT2D eigenvalue weighted by Crippen LogP contribution is 2.25. The van der Waals surface area contributed by atoms with Gasteiger partial charge >= 0.3 is 5.97 Å². The van der Waals surface area contributed by atoms with E-state index in [2.05, 4.69) is 14.9 Å². The van der Waals surface area contributed by atoms with Crippen LogP contribution in [0.5, 0.6) is 5.75 Å². The molecule has 2 aromatic rings. The van der Waals surface area contributed by atoms with Crippen molar-refractivity contribution in [3.63, 3.8) is 0 Å². The highest BCUT2D eigenvalue weighted by molar-refractivity contribution is 7.89. The van der Waals surface area contributed by atoms with Gasteiger partial charge in [0.05, 0.1) is 37.7 Å². The number of carbonyl (C=O) groups is 1. The predicted octanol–water partition coefficient (Wildman–Crippen LogP) is 0.483. The Morgan fingerprint density at radius 3 is 2.74 bits per heavy atom. The summed E-state index contributed by atoms with van der Waals surface area (Å²) in [6.45, 7) is 2.36. The van der Waals surface area contributed by atoms with E-state index in [-0.39, 0.29) is 22.8 Å². The fourth-order valence-electron chi connectivity index (χ4n) is 1.83. The fraction of sp³-hybridized carbons (Fsp3) is 0.308. The summed E-state index contributed by atoms with van der Waals surface area (Å²) in [5.41, 5.74) is 0.298. The molecule has 2 N–H and O–H groups in total. The Morgan fingerprint density at radius 1 is 1.43 bits per heavy atom. The molecule has 0 fully saturated rings. The summed E-state index contributed by atoms with van der Waals surface area (Å²) in [5, 5.41) is 17.0. The van der Waals surface area contributed by atoms with Gasteiger partial charge in [0.2, 0.25) is 10.0 Å². The number of hydrogen-bond acceptors (Lipinski definition) is 6. The lowest BCUT2D eigenvalue weighted by molar-refractivity contribution is 0.0696. The van der Waals surface area contributed by atoms with Crippen LogP contribution in [0.2, 0.25) is 0 Å². The number of nitrogens with one attached hydrogen (secondary N) is 1. The molecule has 23 heavy (non-hydrogen) atoms. The van der Waals surface area contributed by atoms with Gasteiger partial charge < -0.3 is 9.84 Å². The number of ether oxygens (including phenoxy) is 1. The van der Waals surface area contributed by atoms with Gasteiger partial charge in [-0.15, -0.1) is 0 Å². The Morgan fingerprint density at radius 2 is 2.17 bits per heavy atom. The number of sulfonamides is 1. The number of methoxy groups -OCH3 is 1. The summed E-state index contributed by atoms with van der Waals surface area (Å²) < 4.78 is 32.1. The van der Waals surface area contributed by atoms with Crippen LogP contribution in [0.15, 0.2) is 29.3 Å². The van der Waals surface area contributed by atoms with E-state index >= 15 is 0 Å². The van der Waals surface area contributed by atoms with Crippen LogP contribution in [0, 0.1) is 0 Å². The van der Waals surface area contributed by atoms with Gasteiger partial charge in [-0.1, -0.05) is 0 Å². The zero-order valence-corrected chi connectivity index (χ0v) is 13.4. The zero-order valence-electron chi connectivity index (χ0n) is 12.6. The number of rotatable bonds is 7. The fourth-order valence-corrected chi connectivity index (χ4v) is 3.02. The largest absolute Gasteiger partial charge is 0.495 e. The lowest BCUT2D eigenvalue weighted by Gasteiger charge is -2.10. The number of hydrogen-bond donors (Lipinski definition) is 2. The highest BCUT2D eigenvalue weighted by atomic mass is 32.2. The number of aryl methyl sites for hydroxylation is 1. The van der Waals surface area contributed by atoms with Gasteiger partial charge in [0.25, 0.3) is 0 Å². The Hall–Kier alpha value is -2.46. The molecular formula is C13H16N4O5S. The van der Waals surface area contributed by atoms with Crippen molar-refractivity contribution in [2.45, 2.75) is 24.9 Å². The molecule has 0 saturated carbocycles. The van der Waals surface area contributed by atoms with Crippen molar-refractivity contribution in [2.24, 2.45) is 0 Å². The van der Waals surface area contributed by atoms with E-state index in [1.54, 1.807) is 0 Å². The first-order valence-electron chi connectivity index (χ1n) is 6.67. The third-order valence-electron chi connectivity index (χ3n) is 3.01. The van der Waals surface area contributed by atoms with Crippen molar-refractivity contribution in [2.75, 3.05) is 7.11 Å². The van der Waals surface area contributed by atoms with Crippen molar-refractivity contribution in [1.82, 2.24) is 19.7 Å². The maximum absolute atomic E-state index is 12.4. The van der Waals surface area contributed by atoms with Crippen molar-refractivity contribution in [1.29, 1.82) is 0 Å². The molecule has 1 aromatic heterocycles. The molecule has 1 heterocycles. The lowest BCUT2D eigenvalue weighted by atomic mass is 10.2. The summed E-state index contributed by atoms with van der Waals surface area (Å²) >= 11 is 0. The third-order valence-corrected chi connectivity index (χ3v) is 4.43. The van der Waals surface area contributed by atoms with Gasteiger partial charge in [0.15, 0.2) is 0 Å². The van der Waals surface area contributed by atoms with Crippen LogP contribution < -0.4 is 9.46 Å². The number of aromatic nitrogens is 3. The third kappa shape index (κ3) is 3.85. The monoisotopic (exact) mass is 340 g/mol. The summed E-state index contributed by atoms with van der Waals surface area (Å²) in [7, 11) is -2.66. The summed E-state index contributed by atoms with van der Waals surface area (Å²) in [6.07, 6.45) is 1.46. The van der Waals surface area contributed by atoms with E-state index in [1.807, 2.05) is 6.92 Å². The van der Waals surface area contributed by atoms with Gasteiger partial charge in [-0.05, 0) is 25.1 Å². The van der Waals surface area contributed by atoms with Crippen LogP contribution in [0.4, 0.5) is 0 Å². The maximum atomic E-state index is 12.4. The average molecular weight is 340 g/mol. The molecule has 0 radical (unpaired) electrons. The van der Waals surface area contributed by atoms with Crippen LogP contribution in [-0.2, 0) is 23.1 Å². The number of benzene rings is 1. The van der Waals surface area contributed by atoms with Crippen molar-refractivity contribution < 1.29 is 23.1 Å². The molecule has 0 saturated heterocycles. The first-order valence-corrected chi connectivity index (χ1v) is 8.15. The molecule has 0 atom stereocenters. The second kappa shape index (κ2) is 6.75. The molecule has 0 aliphatic carbocycles. The van der Waals surface area contributed by atoms with Gasteiger partial charge in [-0.3, -0.25) is 0 Å². The molecule has 1 aromatic carbocycles. The highest BCUT2D eigenvalue weighted by Gasteiger charge is 2.21. The van der Waals surface area contributed by atoms with E-state index in [1.165, 1.54) is 30.2 Å². The number of nitrogens with zero attached hydrogens (tertiary/aromatic N) is 3. The van der Waals surface area contributed by atoms with Crippen molar-refractivity contribution in [3.05, 3.63) is 35.7 Å². The Labute approximate surface area is 132 Å². The van der Waals surface area contributed by atoms with Gasteiger partial charge in [0, 0.05) is 0 Å². The Kier molecular flexibility index (Phi) is 4.96. The van der Waals surface area contributed by atoms with Crippen LogP contribution in [0.25, 0.3) is 0 Å². The van der Waals surface area contributed by atoms with E-state index in [9.17, 15) is 13.2 Å². The first kappa shape index (κ1) is 16.9. The smallest absolute Gasteiger partial charge is 0.335 e. The molecule has 0 bridgehead atoms. The molecule has 9 nitrogen and oxygen atoms in total. The predicted molar refractivity (Wildman–Crippen MR) is 79.7 cm³/mol. The van der Waals surface area contributed by atoms with E-state index in [0.29, 0.717) is 12.2 Å². The number of carboxylic acids is 1. The van der Waals surface area contributed by atoms with Crippen LogP contribution in [0.3, 0.4) is 0 Å². The molecule has 124 valence electrons. The molecule has 0 aliphatic heterocycles. The van der Waals surface area contributed by atoms with Gasteiger partial charge in [-0.2, -0.15) is 15.0 Å². The number of carboxylic acid groups (broad SMARTS) is 1. The zero-order chi connectivity index (χ0) is 17.0. The minimum Gasteiger partial charge on any atom is -0.495 e. The SMILES string of the molecule is CCn1ncc(CNS(=O)(=O)c2cc(C(=O)O)ccc2OC)n1. The second-order valence-electron chi connectivity index (χ2n) is 4.52. The van der Waals surface area contributed by atoms with E-state index < -0.39 is 16.0 Å². The van der Waals surface area contributed by atoms with Crippen molar-refractivity contribution in [3.8, 4) is 5.75 Å². The van der Waals surface area contributed by atoms with Crippen LogP contribution >= 0.6 is 0 Å².